The molecule has 0 saturated heterocycles. The van der Waals surface area contributed by atoms with Crippen molar-refractivity contribution in [2.75, 3.05) is 18.9 Å². The molecule has 7 N–H and O–H groups in total. The molecule has 9 heteroatoms. The lowest BCUT2D eigenvalue weighted by atomic mass is 10.1. The minimum Gasteiger partial charge on any atom is -0.508 e. The van der Waals surface area contributed by atoms with Crippen LogP contribution in [0.1, 0.15) is 5.56 Å². The van der Waals surface area contributed by atoms with Crippen LogP contribution in [0.3, 0.4) is 0 Å². The van der Waals surface area contributed by atoms with Gasteiger partial charge in [-0.2, -0.15) is 5.26 Å². The van der Waals surface area contributed by atoms with E-state index >= 15 is 0 Å². The van der Waals surface area contributed by atoms with Crippen molar-refractivity contribution in [3.05, 3.63) is 71.9 Å². The van der Waals surface area contributed by atoms with Crippen LogP contribution >= 0.6 is 0 Å². The number of pyridine rings is 1. The van der Waals surface area contributed by atoms with Gasteiger partial charge in [0, 0.05) is 5.39 Å². The summed E-state index contributed by atoms with van der Waals surface area (Å²) in [7, 11) is 0. The molecular formula is C22H23N3O6. The van der Waals surface area contributed by atoms with E-state index in [9.17, 15) is 4.79 Å². The number of nitrogens with two attached hydrogens (primary N) is 1. The lowest BCUT2D eigenvalue weighted by Crippen LogP contribution is -2.15. The molecule has 0 saturated carbocycles. The summed E-state index contributed by atoms with van der Waals surface area (Å²) in [5, 5.41) is 51.1. The molecule has 31 heavy (non-hydrogen) atoms. The van der Waals surface area contributed by atoms with Gasteiger partial charge in [-0.25, -0.2) is 4.79 Å². The van der Waals surface area contributed by atoms with Crippen LogP contribution in [0.4, 0.5) is 5.69 Å². The molecule has 3 aromatic rings. The topological polar surface area (TPSA) is 181 Å². The molecule has 9 nitrogen and oxygen atoms in total. The van der Waals surface area contributed by atoms with E-state index in [1.807, 2.05) is 30.3 Å². The van der Waals surface area contributed by atoms with Crippen LogP contribution in [0.25, 0.3) is 17.0 Å². The van der Waals surface area contributed by atoms with Gasteiger partial charge in [-0.05, 0) is 35.9 Å². The fraction of sp³-hybridized carbons (Fsp3) is 0.136. The number of aliphatic hydroxyl groups excluding tert-OH is 3. The minimum absolute atomic E-state index is 0.0935. The largest absolute Gasteiger partial charge is 0.508 e. The number of aromatic nitrogens is 1. The summed E-state index contributed by atoms with van der Waals surface area (Å²) < 4.78 is 0. The quantitative estimate of drug-likeness (QED) is 0.267. The van der Waals surface area contributed by atoms with Gasteiger partial charge in [0.15, 0.2) is 0 Å². The number of hydrogen-bond donors (Lipinski definition) is 6. The van der Waals surface area contributed by atoms with Gasteiger partial charge >= 0.3 is 5.97 Å². The van der Waals surface area contributed by atoms with E-state index in [-0.39, 0.29) is 24.5 Å². The number of phenolic OH excluding ortho intramolecular Hbond substituents is 1. The standard InChI is InChI=1S/C10H7NO3.C9H8N2.C3H8O3/c11-6-8(10(13)14)5-7-1-3-9(12)4-2-7;10-8-5-7-3-1-2-4-9(7)11-6-8;4-1-3(6)2-5/h1-5,12H,(H,13,14);1-6H,10H2;3-6H,1-2H2/b8-5+;;. The number of anilines is 1. The lowest BCUT2D eigenvalue weighted by molar-refractivity contribution is -0.132. The molecule has 0 bridgehead atoms. The maximum Gasteiger partial charge on any atom is 0.346 e. The molecule has 0 aliphatic carbocycles. The second kappa shape index (κ2) is 13.3. The third kappa shape index (κ3) is 9.38. The van der Waals surface area contributed by atoms with Crippen molar-refractivity contribution in [2.24, 2.45) is 0 Å². The number of nitrogen functional groups attached to an aromatic ring is 1. The number of fused-ring (bicyclic) bond motifs is 1. The molecule has 0 fully saturated rings. The summed E-state index contributed by atoms with van der Waals surface area (Å²) in [5.41, 5.74) is 7.48. The Morgan fingerprint density at radius 1 is 1.13 bits per heavy atom. The second-order valence-electron chi connectivity index (χ2n) is 6.05. The van der Waals surface area contributed by atoms with Crippen molar-refractivity contribution >= 4 is 28.6 Å². The number of hydrogen-bond acceptors (Lipinski definition) is 8. The zero-order chi connectivity index (χ0) is 23.2. The van der Waals surface area contributed by atoms with E-state index in [4.69, 9.17) is 36.5 Å². The van der Waals surface area contributed by atoms with Crippen LogP contribution < -0.4 is 5.73 Å². The number of aliphatic hydroxyl groups is 3. The Hall–Kier alpha value is -3.97. The fourth-order valence-electron chi connectivity index (χ4n) is 2.02. The molecule has 0 aliphatic heterocycles. The molecule has 3 rings (SSSR count). The molecule has 0 spiro atoms. The molecule has 0 radical (unpaired) electrons. The Morgan fingerprint density at radius 2 is 1.74 bits per heavy atom. The normalized spacial score (nSPS) is 10.4. The van der Waals surface area contributed by atoms with E-state index in [0.29, 0.717) is 11.3 Å². The van der Waals surface area contributed by atoms with Gasteiger partial charge in [0.25, 0.3) is 0 Å². The van der Waals surface area contributed by atoms with Gasteiger partial charge in [0.2, 0.25) is 0 Å². The van der Waals surface area contributed by atoms with E-state index in [2.05, 4.69) is 4.98 Å². The summed E-state index contributed by atoms with van der Waals surface area (Å²) in [4.78, 5) is 14.6. The predicted molar refractivity (Wildman–Crippen MR) is 116 cm³/mol. The number of aliphatic carboxylic acids is 1. The zero-order valence-electron chi connectivity index (χ0n) is 16.5. The van der Waals surface area contributed by atoms with Crippen molar-refractivity contribution in [2.45, 2.75) is 6.10 Å². The van der Waals surface area contributed by atoms with Gasteiger partial charge in [0.1, 0.15) is 23.5 Å². The average molecular weight is 425 g/mol. The lowest BCUT2D eigenvalue weighted by Gasteiger charge is -1.96. The smallest absolute Gasteiger partial charge is 0.346 e. The molecule has 0 amide bonds. The highest BCUT2D eigenvalue weighted by Gasteiger charge is 2.04. The molecule has 0 atom stereocenters. The first-order valence-electron chi connectivity index (χ1n) is 8.94. The number of carbonyl (C=O) groups is 1. The molecule has 1 aromatic heterocycles. The number of carboxylic acids is 1. The van der Waals surface area contributed by atoms with Crippen molar-refractivity contribution < 1.29 is 30.3 Å². The Kier molecular flexibility index (Phi) is 10.7. The highest BCUT2D eigenvalue weighted by Crippen LogP contribution is 2.13. The van der Waals surface area contributed by atoms with Crippen molar-refractivity contribution in [3.63, 3.8) is 0 Å². The number of aromatic hydroxyl groups is 1. The predicted octanol–water partition coefficient (Wildman–Crippen LogP) is 1.53. The SMILES string of the molecule is N#C/C(=C\c1ccc(O)cc1)C(=O)O.Nc1cnc2ccccc2c1.OCC(O)CO. The van der Waals surface area contributed by atoms with Crippen LogP contribution in [0.15, 0.2) is 66.4 Å². The van der Waals surface area contributed by atoms with Crippen LogP contribution in [0.2, 0.25) is 0 Å². The minimum atomic E-state index is -1.26. The molecule has 0 aliphatic rings. The molecule has 0 unspecified atom stereocenters. The van der Waals surface area contributed by atoms with Gasteiger partial charge in [-0.1, -0.05) is 30.3 Å². The van der Waals surface area contributed by atoms with Gasteiger partial charge in [-0.15, -0.1) is 0 Å². The number of benzene rings is 2. The van der Waals surface area contributed by atoms with Crippen LogP contribution in [0, 0.1) is 11.3 Å². The summed E-state index contributed by atoms with van der Waals surface area (Å²) in [6.45, 7) is -0.729. The third-order valence-corrected chi connectivity index (χ3v) is 3.59. The second-order valence-corrected chi connectivity index (χ2v) is 6.05. The summed E-state index contributed by atoms with van der Waals surface area (Å²) >= 11 is 0. The van der Waals surface area contributed by atoms with Gasteiger partial charge < -0.3 is 31.3 Å². The maximum atomic E-state index is 10.5. The number of rotatable bonds is 4. The maximum absolute atomic E-state index is 10.5. The number of phenols is 1. The van der Waals surface area contributed by atoms with E-state index in [1.54, 1.807) is 12.3 Å². The number of para-hydroxylation sites is 1. The van der Waals surface area contributed by atoms with E-state index in [1.165, 1.54) is 30.3 Å². The molecule has 1 heterocycles. The van der Waals surface area contributed by atoms with Crippen LogP contribution in [0.5, 0.6) is 5.75 Å². The first kappa shape index (κ1) is 25.1. The highest BCUT2D eigenvalue weighted by atomic mass is 16.4. The average Bonchev–Trinajstić information content (AvgIpc) is 2.78. The molecule has 162 valence electrons. The van der Waals surface area contributed by atoms with E-state index < -0.39 is 12.1 Å². The zero-order valence-corrected chi connectivity index (χ0v) is 16.5. The van der Waals surface area contributed by atoms with Gasteiger partial charge in [-0.3, -0.25) is 4.98 Å². The van der Waals surface area contributed by atoms with E-state index in [0.717, 1.165) is 10.9 Å². The summed E-state index contributed by atoms with van der Waals surface area (Å²) in [6, 6.07) is 17.3. The molecule has 2 aromatic carbocycles. The Morgan fingerprint density at radius 3 is 2.26 bits per heavy atom. The third-order valence-electron chi connectivity index (χ3n) is 3.59. The van der Waals surface area contributed by atoms with Gasteiger partial charge in [0.05, 0.1) is 30.6 Å². The first-order valence-corrected chi connectivity index (χ1v) is 8.94. The van der Waals surface area contributed by atoms with Crippen LogP contribution in [-0.4, -0.2) is 55.8 Å². The monoisotopic (exact) mass is 425 g/mol. The molecular weight excluding hydrogens is 402 g/mol. The number of nitriles is 1. The van der Waals surface area contributed by atoms with Crippen molar-refractivity contribution in [1.29, 1.82) is 5.26 Å². The Labute approximate surface area is 178 Å². The summed E-state index contributed by atoms with van der Waals surface area (Å²) in [5.74, 6) is -1.17. The van der Waals surface area contributed by atoms with Crippen LogP contribution in [-0.2, 0) is 4.79 Å². The van der Waals surface area contributed by atoms with Crippen molar-refractivity contribution in [3.8, 4) is 11.8 Å². The number of carboxylic acid groups (broad SMARTS) is 1. The van der Waals surface area contributed by atoms with Crippen molar-refractivity contribution in [1.82, 2.24) is 4.98 Å². The first-order chi connectivity index (χ1) is 14.8. The Bertz CT molecular complexity index is 1040. The fourth-order valence-corrected chi connectivity index (χ4v) is 2.02. The Balaban J connectivity index is 0.000000252. The highest BCUT2D eigenvalue weighted by molar-refractivity contribution is 5.96. The number of nitrogens with zero attached hydrogens (tertiary/aromatic N) is 2. The summed E-state index contributed by atoms with van der Waals surface area (Å²) in [6.07, 6.45) is 1.95.